The zero-order chi connectivity index (χ0) is 18.0. The lowest BCUT2D eigenvalue weighted by Crippen LogP contribution is -2.60. The van der Waals surface area contributed by atoms with Crippen LogP contribution in [0.25, 0.3) is 0 Å². The Balaban J connectivity index is 1.47. The van der Waals surface area contributed by atoms with Crippen LogP contribution in [0.2, 0.25) is 0 Å². The van der Waals surface area contributed by atoms with Crippen molar-refractivity contribution in [2.24, 2.45) is 5.41 Å². The Bertz CT molecular complexity index is 675. The fraction of sp³-hybridized carbons (Fsp3) is 0.619. The molecule has 2 atom stereocenters. The second-order valence-electron chi connectivity index (χ2n) is 8.14. The zero-order valence-electron chi connectivity index (χ0n) is 15.4. The first-order valence-corrected chi connectivity index (χ1v) is 9.95. The molecule has 5 heteroatoms. The Kier molecular flexibility index (Phi) is 4.98. The molecule has 1 spiro atoms. The van der Waals surface area contributed by atoms with Gasteiger partial charge in [-0.25, -0.2) is 0 Å². The number of pyridine rings is 1. The van der Waals surface area contributed by atoms with Crippen molar-refractivity contribution in [1.82, 2.24) is 9.88 Å². The molecule has 0 aromatic carbocycles. The van der Waals surface area contributed by atoms with Gasteiger partial charge in [-0.1, -0.05) is 11.6 Å². The molecule has 1 aliphatic carbocycles. The van der Waals surface area contributed by atoms with Crippen molar-refractivity contribution in [3.8, 4) is 0 Å². The van der Waals surface area contributed by atoms with Gasteiger partial charge in [0.15, 0.2) is 0 Å². The van der Waals surface area contributed by atoms with E-state index in [0.29, 0.717) is 13.0 Å². The molecule has 0 bridgehead atoms. The van der Waals surface area contributed by atoms with Crippen molar-refractivity contribution in [3.05, 3.63) is 36.2 Å². The molecular weight excluding hydrogens is 326 g/mol. The lowest BCUT2D eigenvalue weighted by Gasteiger charge is -2.51. The van der Waals surface area contributed by atoms with Gasteiger partial charge < -0.3 is 14.9 Å². The summed E-state index contributed by atoms with van der Waals surface area (Å²) in [5, 5.41) is 10.8. The number of anilines is 1. The molecule has 1 N–H and O–H groups in total. The average Bonchev–Trinajstić information content (AvgIpc) is 3.18. The summed E-state index contributed by atoms with van der Waals surface area (Å²) in [6.45, 7) is 3.18. The number of rotatable bonds is 3. The molecule has 0 unspecified atom stereocenters. The molecule has 140 valence electrons. The van der Waals surface area contributed by atoms with Crippen LogP contribution in [0.15, 0.2) is 36.2 Å². The summed E-state index contributed by atoms with van der Waals surface area (Å²) in [7, 11) is 0. The van der Waals surface area contributed by atoms with E-state index < -0.39 is 0 Å². The third-order valence-electron chi connectivity index (χ3n) is 6.39. The molecule has 26 heavy (non-hydrogen) atoms. The minimum atomic E-state index is -0.332. The number of aliphatic hydroxyl groups excluding tert-OH is 1. The van der Waals surface area contributed by atoms with E-state index in [-0.39, 0.29) is 17.4 Å². The van der Waals surface area contributed by atoms with Gasteiger partial charge in [0, 0.05) is 56.1 Å². The van der Waals surface area contributed by atoms with Gasteiger partial charge in [-0.05, 0) is 50.7 Å². The Morgan fingerprint density at radius 1 is 1.23 bits per heavy atom. The molecule has 1 amide bonds. The SMILES string of the molecule is O=C(CC1=CCCC1)N1CCC[C@]2(C1)CN(c1ccncc1)CC[C@H]2O. The molecule has 1 aromatic rings. The first kappa shape index (κ1) is 17.5. The normalized spacial score (nSPS) is 29.1. The Morgan fingerprint density at radius 3 is 2.85 bits per heavy atom. The van der Waals surface area contributed by atoms with Crippen molar-refractivity contribution in [2.45, 2.75) is 51.0 Å². The highest BCUT2D eigenvalue weighted by molar-refractivity contribution is 5.79. The van der Waals surface area contributed by atoms with Crippen molar-refractivity contribution >= 4 is 11.6 Å². The largest absolute Gasteiger partial charge is 0.392 e. The van der Waals surface area contributed by atoms with Crippen LogP contribution in [0.3, 0.4) is 0 Å². The van der Waals surface area contributed by atoms with Crippen molar-refractivity contribution in [2.75, 3.05) is 31.1 Å². The summed E-state index contributed by atoms with van der Waals surface area (Å²) in [5.74, 6) is 0.241. The quantitative estimate of drug-likeness (QED) is 0.847. The third kappa shape index (κ3) is 3.50. The maximum atomic E-state index is 12.8. The lowest BCUT2D eigenvalue weighted by atomic mass is 9.71. The van der Waals surface area contributed by atoms with E-state index in [4.69, 9.17) is 0 Å². The monoisotopic (exact) mass is 355 g/mol. The van der Waals surface area contributed by atoms with Crippen LogP contribution in [-0.2, 0) is 4.79 Å². The molecule has 2 aliphatic heterocycles. The number of carbonyl (C=O) groups excluding carboxylic acids is 1. The number of hydrogen-bond donors (Lipinski definition) is 1. The highest BCUT2D eigenvalue weighted by Crippen LogP contribution is 2.40. The number of aliphatic hydroxyl groups is 1. The number of piperidine rings is 2. The molecule has 5 nitrogen and oxygen atoms in total. The van der Waals surface area contributed by atoms with E-state index in [2.05, 4.69) is 16.0 Å². The molecule has 0 radical (unpaired) electrons. The molecule has 3 heterocycles. The third-order valence-corrected chi connectivity index (χ3v) is 6.39. The van der Waals surface area contributed by atoms with Crippen LogP contribution in [0.4, 0.5) is 5.69 Å². The first-order valence-electron chi connectivity index (χ1n) is 9.95. The second kappa shape index (κ2) is 7.39. The second-order valence-corrected chi connectivity index (χ2v) is 8.14. The molecule has 2 saturated heterocycles. The van der Waals surface area contributed by atoms with E-state index in [9.17, 15) is 9.90 Å². The summed E-state index contributed by atoms with van der Waals surface area (Å²) < 4.78 is 0. The first-order chi connectivity index (χ1) is 12.7. The summed E-state index contributed by atoms with van der Waals surface area (Å²) in [6.07, 6.45) is 12.2. The van der Waals surface area contributed by atoms with Gasteiger partial charge in [-0.3, -0.25) is 9.78 Å². The van der Waals surface area contributed by atoms with Crippen LogP contribution in [-0.4, -0.2) is 53.2 Å². The van der Waals surface area contributed by atoms with Crippen molar-refractivity contribution in [3.63, 3.8) is 0 Å². The van der Waals surface area contributed by atoms with Gasteiger partial charge in [-0.2, -0.15) is 0 Å². The number of allylic oxidation sites excluding steroid dienone is 1. The summed E-state index contributed by atoms with van der Waals surface area (Å²) in [6, 6.07) is 4.06. The topological polar surface area (TPSA) is 56.7 Å². The number of aromatic nitrogens is 1. The zero-order valence-corrected chi connectivity index (χ0v) is 15.4. The van der Waals surface area contributed by atoms with Gasteiger partial charge in [-0.15, -0.1) is 0 Å². The smallest absolute Gasteiger partial charge is 0.226 e. The number of nitrogens with zero attached hydrogens (tertiary/aromatic N) is 3. The average molecular weight is 355 g/mol. The van der Waals surface area contributed by atoms with Crippen LogP contribution in [0, 0.1) is 5.41 Å². The van der Waals surface area contributed by atoms with Gasteiger partial charge in [0.1, 0.15) is 0 Å². The molecule has 4 rings (SSSR count). The number of hydrogen-bond acceptors (Lipinski definition) is 4. The standard InChI is InChI=1S/C21H29N3O2/c25-19-8-13-23(18-6-10-22-11-7-18)15-21(19)9-3-12-24(16-21)20(26)14-17-4-1-2-5-17/h4,6-7,10-11,19,25H,1-3,5,8-9,12-16H2/t19-,21-/m1/s1. The maximum absolute atomic E-state index is 12.8. The molecule has 2 fully saturated rings. The predicted molar refractivity (Wildman–Crippen MR) is 102 cm³/mol. The van der Waals surface area contributed by atoms with Crippen LogP contribution in [0.1, 0.15) is 44.9 Å². The highest BCUT2D eigenvalue weighted by Gasteiger charge is 2.46. The Hall–Kier alpha value is -1.88. The number of carbonyl (C=O) groups is 1. The van der Waals surface area contributed by atoms with Crippen LogP contribution < -0.4 is 4.90 Å². The maximum Gasteiger partial charge on any atom is 0.226 e. The molecule has 1 aromatic heterocycles. The fourth-order valence-corrected chi connectivity index (χ4v) is 4.90. The van der Waals surface area contributed by atoms with Crippen LogP contribution >= 0.6 is 0 Å². The van der Waals surface area contributed by atoms with E-state index in [1.807, 2.05) is 29.4 Å². The van der Waals surface area contributed by atoms with E-state index in [0.717, 1.165) is 57.4 Å². The Labute approximate surface area is 155 Å². The minimum absolute atomic E-state index is 0.209. The van der Waals surface area contributed by atoms with E-state index >= 15 is 0 Å². The van der Waals surface area contributed by atoms with E-state index in [1.165, 1.54) is 12.0 Å². The van der Waals surface area contributed by atoms with Crippen molar-refractivity contribution < 1.29 is 9.90 Å². The van der Waals surface area contributed by atoms with Gasteiger partial charge in [0.25, 0.3) is 0 Å². The minimum Gasteiger partial charge on any atom is -0.392 e. The molecule has 0 saturated carbocycles. The summed E-state index contributed by atoms with van der Waals surface area (Å²) >= 11 is 0. The number of amides is 1. The summed E-state index contributed by atoms with van der Waals surface area (Å²) in [4.78, 5) is 21.3. The predicted octanol–water partition coefficient (Wildman–Crippen LogP) is 2.76. The van der Waals surface area contributed by atoms with E-state index in [1.54, 1.807) is 0 Å². The molecular formula is C21H29N3O2. The van der Waals surface area contributed by atoms with Gasteiger partial charge in [0.2, 0.25) is 5.91 Å². The van der Waals surface area contributed by atoms with Crippen LogP contribution in [0.5, 0.6) is 0 Å². The van der Waals surface area contributed by atoms with Gasteiger partial charge >= 0.3 is 0 Å². The number of likely N-dealkylation sites (tertiary alicyclic amines) is 1. The lowest BCUT2D eigenvalue weighted by molar-refractivity contribution is -0.137. The highest BCUT2D eigenvalue weighted by atomic mass is 16.3. The fourth-order valence-electron chi connectivity index (χ4n) is 4.90. The van der Waals surface area contributed by atoms with Crippen molar-refractivity contribution in [1.29, 1.82) is 0 Å². The summed E-state index contributed by atoms with van der Waals surface area (Å²) in [5.41, 5.74) is 2.25. The molecule has 3 aliphatic rings. The Morgan fingerprint density at radius 2 is 2.08 bits per heavy atom. The van der Waals surface area contributed by atoms with Gasteiger partial charge in [0.05, 0.1) is 6.10 Å².